The molecule has 0 atom stereocenters. The number of nitrogens with one attached hydrogen (secondary N) is 1. The van der Waals surface area contributed by atoms with Gasteiger partial charge in [-0.25, -0.2) is 9.07 Å². The predicted octanol–water partition coefficient (Wildman–Crippen LogP) is 5.98. The van der Waals surface area contributed by atoms with E-state index in [1.54, 1.807) is 23.0 Å². The van der Waals surface area contributed by atoms with Crippen molar-refractivity contribution in [1.29, 1.82) is 0 Å². The molecule has 4 aliphatic rings. The summed E-state index contributed by atoms with van der Waals surface area (Å²) >= 11 is 0. The van der Waals surface area contributed by atoms with Crippen molar-refractivity contribution in [3.63, 3.8) is 0 Å². The second-order valence-corrected chi connectivity index (χ2v) is 11.4. The van der Waals surface area contributed by atoms with Gasteiger partial charge in [-0.1, -0.05) is 30.3 Å². The molecule has 37 heavy (non-hydrogen) atoms. The van der Waals surface area contributed by atoms with Crippen LogP contribution in [0.3, 0.4) is 0 Å². The van der Waals surface area contributed by atoms with E-state index in [-0.39, 0.29) is 17.1 Å². The molecule has 0 saturated heterocycles. The van der Waals surface area contributed by atoms with Gasteiger partial charge < -0.3 is 5.32 Å². The lowest BCUT2D eigenvalue weighted by molar-refractivity contribution is -0.00765. The Bertz CT molecular complexity index is 1400. The lowest BCUT2D eigenvalue weighted by atomic mass is 9.48. The quantitative estimate of drug-likeness (QED) is 0.358. The van der Waals surface area contributed by atoms with Crippen LogP contribution < -0.4 is 5.32 Å². The lowest BCUT2D eigenvalue weighted by Crippen LogP contribution is -2.49. The maximum Gasteiger partial charge on any atom is 0.259 e. The topological polar surface area (TPSA) is 64.7 Å². The Morgan fingerprint density at radius 3 is 2.30 bits per heavy atom. The second kappa shape index (κ2) is 8.68. The number of para-hydroxylation sites is 1. The fourth-order valence-electron chi connectivity index (χ4n) is 7.54. The van der Waals surface area contributed by atoms with Gasteiger partial charge in [0, 0.05) is 17.8 Å². The van der Waals surface area contributed by atoms with Gasteiger partial charge in [0.2, 0.25) is 0 Å². The van der Waals surface area contributed by atoms with E-state index in [4.69, 9.17) is 5.10 Å². The number of benzene rings is 2. The highest BCUT2D eigenvalue weighted by atomic mass is 19.1. The van der Waals surface area contributed by atoms with Gasteiger partial charge in [-0.3, -0.25) is 9.48 Å². The monoisotopic (exact) mass is 495 g/mol. The van der Waals surface area contributed by atoms with Crippen LogP contribution in [0.1, 0.15) is 60.1 Å². The first-order valence-electron chi connectivity index (χ1n) is 13.3. The largest absolute Gasteiger partial charge is 0.319 e. The summed E-state index contributed by atoms with van der Waals surface area (Å²) in [6.45, 7) is 0.501. The van der Waals surface area contributed by atoms with Crippen LogP contribution >= 0.6 is 0 Å². The van der Waals surface area contributed by atoms with Crippen LogP contribution in [0.15, 0.2) is 73.2 Å². The van der Waals surface area contributed by atoms with Gasteiger partial charge in [-0.2, -0.15) is 10.2 Å². The maximum atomic E-state index is 13.7. The van der Waals surface area contributed by atoms with Crippen molar-refractivity contribution in [3.05, 3.63) is 95.8 Å². The Morgan fingerprint density at radius 1 is 0.946 bits per heavy atom. The molecule has 2 aromatic carbocycles. The Labute approximate surface area is 215 Å². The first-order valence-corrected chi connectivity index (χ1v) is 13.3. The standard InChI is InChI=1S/C30H30FN5O/c31-24-8-6-20(7-9-24)17-35-18-25(16-32-35)33-29(37)27-19-36(26-4-2-1-3-5-26)34-28(27)30-13-21-10-22(14-30)12-23(11-21)15-30/h1-9,16,18-19,21-23H,10-15,17H2,(H,33,37). The molecular weight excluding hydrogens is 465 g/mol. The van der Waals surface area contributed by atoms with E-state index in [1.165, 1.54) is 31.4 Å². The molecule has 1 N–H and O–H groups in total. The molecule has 6 nitrogen and oxygen atoms in total. The summed E-state index contributed by atoms with van der Waals surface area (Å²) in [7, 11) is 0. The molecule has 4 fully saturated rings. The number of hydrogen-bond donors (Lipinski definition) is 1. The average Bonchev–Trinajstić information content (AvgIpc) is 3.53. The molecule has 0 spiro atoms. The van der Waals surface area contributed by atoms with Crippen molar-refractivity contribution < 1.29 is 9.18 Å². The van der Waals surface area contributed by atoms with Gasteiger partial charge in [0.15, 0.2) is 0 Å². The van der Waals surface area contributed by atoms with E-state index in [0.717, 1.165) is 54.0 Å². The first-order chi connectivity index (χ1) is 18.0. The predicted molar refractivity (Wildman–Crippen MR) is 139 cm³/mol. The SMILES string of the molecule is O=C(Nc1cnn(Cc2ccc(F)cc2)c1)c1cn(-c2ccccc2)nc1C12CC3CC(CC(C3)C1)C2. The zero-order chi connectivity index (χ0) is 25.0. The number of hydrogen-bond acceptors (Lipinski definition) is 3. The van der Waals surface area contributed by atoms with Crippen LogP contribution in [-0.4, -0.2) is 25.5 Å². The smallest absolute Gasteiger partial charge is 0.259 e. The summed E-state index contributed by atoms with van der Waals surface area (Å²) in [4.78, 5) is 13.7. The summed E-state index contributed by atoms with van der Waals surface area (Å²) in [6, 6.07) is 16.4. The van der Waals surface area contributed by atoms with E-state index in [0.29, 0.717) is 17.8 Å². The molecule has 0 unspecified atom stereocenters. The zero-order valence-corrected chi connectivity index (χ0v) is 20.7. The second-order valence-electron chi connectivity index (χ2n) is 11.4. The molecule has 2 heterocycles. The number of anilines is 1. The third-order valence-corrected chi connectivity index (χ3v) is 8.67. The van der Waals surface area contributed by atoms with E-state index >= 15 is 0 Å². The fraction of sp³-hybridized carbons (Fsp3) is 0.367. The van der Waals surface area contributed by atoms with Crippen LogP contribution in [0, 0.1) is 23.6 Å². The van der Waals surface area contributed by atoms with Gasteiger partial charge in [-0.15, -0.1) is 0 Å². The lowest BCUT2D eigenvalue weighted by Gasteiger charge is -2.56. The summed E-state index contributed by atoms with van der Waals surface area (Å²) in [6.07, 6.45) is 12.8. The van der Waals surface area contributed by atoms with Crippen molar-refractivity contribution in [3.8, 4) is 5.69 Å². The number of amides is 1. The molecule has 2 aromatic heterocycles. The van der Waals surface area contributed by atoms with Crippen LogP contribution in [-0.2, 0) is 12.0 Å². The summed E-state index contributed by atoms with van der Waals surface area (Å²) < 4.78 is 16.9. The molecular formula is C30H30FN5O. The van der Waals surface area contributed by atoms with Gasteiger partial charge in [0.1, 0.15) is 5.82 Å². The Kier molecular flexibility index (Phi) is 5.27. The van der Waals surface area contributed by atoms with Gasteiger partial charge in [0.25, 0.3) is 5.91 Å². The number of carbonyl (C=O) groups is 1. The van der Waals surface area contributed by atoms with Gasteiger partial charge in [-0.05, 0) is 86.1 Å². The van der Waals surface area contributed by atoms with E-state index in [2.05, 4.69) is 10.4 Å². The molecule has 0 radical (unpaired) electrons. The fourth-order valence-corrected chi connectivity index (χ4v) is 7.54. The number of rotatable bonds is 6. The summed E-state index contributed by atoms with van der Waals surface area (Å²) in [5.74, 6) is 1.87. The molecule has 0 aliphatic heterocycles. The number of aromatic nitrogens is 4. The molecule has 1 amide bonds. The third-order valence-electron chi connectivity index (χ3n) is 8.67. The van der Waals surface area contributed by atoms with Crippen molar-refractivity contribution in [2.24, 2.45) is 17.8 Å². The highest BCUT2D eigenvalue weighted by molar-refractivity contribution is 6.05. The van der Waals surface area contributed by atoms with Gasteiger partial charge in [0.05, 0.1) is 35.4 Å². The Hall–Kier alpha value is -3.74. The van der Waals surface area contributed by atoms with Crippen molar-refractivity contribution in [2.75, 3.05) is 5.32 Å². The van der Waals surface area contributed by atoms with Gasteiger partial charge >= 0.3 is 0 Å². The minimum atomic E-state index is -0.261. The molecule has 4 aromatic rings. The van der Waals surface area contributed by atoms with E-state index < -0.39 is 0 Å². The summed E-state index contributed by atoms with van der Waals surface area (Å²) in [5, 5.41) is 12.6. The third kappa shape index (κ3) is 4.16. The number of nitrogens with zero attached hydrogens (tertiary/aromatic N) is 4. The highest BCUT2D eigenvalue weighted by Crippen LogP contribution is 2.60. The molecule has 188 valence electrons. The molecule has 4 saturated carbocycles. The Balaban J connectivity index is 1.19. The van der Waals surface area contributed by atoms with Crippen molar-refractivity contribution in [1.82, 2.24) is 19.6 Å². The number of halogens is 1. The highest BCUT2D eigenvalue weighted by Gasteiger charge is 2.53. The van der Waals surface area contributed by atoms with Crippen LogP contribution in [0.5, 0.6) is 0 Å². The molecule has 7 heteroatoms. The van der Waals surface area contributed by atoms with E-state index in [1.807, 2.05) is 47.4 Å². The van der Waals surface area contributed by atoms with Crippen LogP contribution in [0.2, 0.25) is 0 Å². The molecule has 8 rings (SSSR count). The average molecular weight is 496 g/mol. The minimum Gasteiger partial charge on any atom is -0.319 e. The van der Waals surface area contributed by atoms with Crippen molar-refractivity contribution in [2.45, 2.75) is 50.5 Å². The summed E-state index contributed by atoms with van der Waals surface area (Å²) in [5.41, 5.74) is 4.16. The normalized spacial score (nSPS) is 25.9. The first kappa shape index (κ1) is 22.5. The van der Waals surface area contributed by atoms with Crippen LogP contribution in [0.4, 0.5) is 10.1 Å². The molecule has 4 bridgehead atoms. The number of carbonyl (C=O) groups excluding carboxylic acids is 1. The Morgan fingerprint density at radius 2 is 1.62 bits per heavy atom. The van der Waals surface area contributed by atoms with Crippen molar-refractivity contribution >= 4 is 11.6 Å². The van der Waals surface area contributed by atoms with Crippen LogP contribution in [0.25, 0.3) is 5.69 Å². The van der Waals surface area contributed by atoms with E-state index in [9.17, 15) is 9.18 Å². The zero-order valence-electron chi connectivity index (χ0n) is 20.7. The minimum absolute atomic E-state index is 0.00574. The maximum absolute atomic E-state index is 13.7. The molecule has 4 aliphatic carbocycles.